The topological polar surface area (TPSA) is 52.6 Å². The number of hydrogen-bond donors (Lipinski definition) is 0. The third-order valence-corrected chi connectivity index (χ3v) is 1.86. The van der Waals surface area contributed by atoms with E-state index in [2.05, 4.69) is 0 Å². The Morgan fingerprint density at radius 2 is 1.71 bits per heavy atom. The molecule has 0 aromatic rings. The molecule has 0 N–H and O–H groups in total. The van der Waals surface area contributed by atoms with Gasteiger partial charge in [0.25, 0.3) is 0 Å². The lowest BCUT2D eigenvalue weighted by molar-refractivity contribution is -0.147. The predicted octanol–water partition coefficient (Wildman–Crippen LogP) is 2.62. The Kier molecular flexibility index (Phi) is 8.11. The van der Waals surface area contributed by atoms with Crippen molar-refractivity contribution in [1.29, 1.82) is 0 Å². The summed E-state index contributed by atoms with van der Waals surface area (Å²) in [7, 11) is 0. The molecular weight excluding hydrogens is 220 g/mol. The van der Waals surface area contributed by atoms with E-state index >= 15 is 0 Å². The van der Waals surface area contributed by atoms with Gasteiger partial charge in [0.15, 0.2) is 0 Å². The standard InChI is InChI=1S/C13H22O4/c1-10(2)8-9-16-12(14)6-5-7-13(15)17-11(3)4/h8,11H,5-7,9H2,1-4H3. The highest BCUT2D eigenvalue weighted by Crippen LogP contribution is 2.02. The van der Waals surface area contributed by atoms with Crippen LogP contribution in [-0.4, -0.2) is 24.6 Å². The van der Waals surface area contributed by atoms with E-state index < -0.39 is 0 Å². The molecule has 17 heavy (non-hydrogen) atoms. The van der Waals surface area contributed by atoms with Crippen LogP contribution < -0.4 is 0 Å². The van der Waals surface area contributed by atoms with Crippen molar-refractivity contribution in [3.63, 3.8) is 0 Å². The largest absolute Gasteiger partial charge is 0.463 e. The Labute approximate surface area is 103 Å². The van der Waals surface area contributed by atoms with E-state index in [4.69, 9.17) is 9.47 Å². The van der Waals surface area contributed by atoms with Crippen molar-refractivity contribution >= 4 is 11.9 Å². The molecule has 0 saturated carbocycles. The van der Waals surface area contributed by atoms with Crippen molar-refractivity contribution < 1.29 is 19.1 Å². The van der Waals surface area contributed by atoms with Crippen molar-refractivity contribution in [3.8, 4) is 0 Å². The van der Waals surface area contributed by atoms with Crippen LogP contribution in [-0.2, 0) is 19.1 Å². The van der Waals surface area contributed by atoms with Gasteiger partial charge in [-0.2, -0.15) is 0 Å². The first-order valence-corrected chi connectivity index (χ1v) is 5.90. The molecule has 0 rings (SSSR count). The Balaban J connectivity index is 3.58. The monoisotopic (exact) mass is 242 g/mol. The van der Waals surface area contributed by atoms with Crippen molar-refractivity contribution in [3.05, 3.63) is 11.6 Å². The lowest BCUT2D eigenvalue weighted by Crippen LogP contribution is -2.12. The van der Waals surface area contributed by atoms with Gasteiger partial charge in [-0.05, 0) is 40.2 Å². The maximum atomic E-state index is 11.2. The third-order valence-electron chi connectivity index (χ3n) is 1.86. The molecule has 0 heterocycles. The SMILES string of the molecule is CC(C)=CCOC(=O)CCCC(=O)OC(C)C. The number of carbonyl (C=O) groups excluding carboxylic acids is 2. The van der Waals surface area contributed by atoms with Crippen LogP contribution in [0.2, 0.25) is 0 Å². The Morgan fingerprint density at radius 3 is 2.24 bits per heavy atom. The zero-order chi connectivity index (χ0) is 13.3. The van der Waals surface area contributed by atoms with Crippen LogP contribution in [0, 0.1) is 0 Å². The molecule has 4 heteroatoms. The smallest absolute Gasteiger partial charge is 0.306 e. The molecule has 0 saturated heterocycles. The zero-order valence-electron chi connectivity index (χ0n) is 11.1. The van der Waals surface area contributed by atoms with E-state index in [-0.39, 0.29) is 30.9 Å². The molecule has 0 aromatic carbocycles. The van der Waals surface area contributed by atoms with E-state index in [9.17, 15) is 9.59 Å². The van der Waals surface area contributed by atoms with Gasteiger partial charge in [-0.15, -0.1) is 0 Å². The van der Waals surface area contributed by atoms with E-state index in [1.54, 1.807) is 13.8 Å². The minimum atomic E-state index is -0.278. The van der Waals surface area contributed by atoms with Gasteiger partial charge in [0, 0.05) is 12.8 Å². The highest BCUT2D eigenvalue weighted by atomic mass is 16.5. The fraction of sp³-hybridized carbons (Fsp3) is 0.692. The first-order valence-electron chi connectivity index (χ1n) is 5.90. The van der Waals surface area contributed by atoms with Crippen molar-refractivity contribution in [2.24, 2.45) is 0 Å². The average molecular weight is 242 g/mol. The summed E-state index contributed by atoms with van der Waals surface area (Å²) in [5.41, 5.74) is 1.11. The minimum Gasteiger partial charge on any atom is -0.463 e. The number of carbonyl (C=O) groups is 2. The number of allylic oxidation sites excluding steroid dienone is 1. The van der Waals surface area contributed by atoms with Gasteiger partial charge in [0.1, 0.15) is 6.61 Å². The molecule has 0 atom stereocenters. The molecule has 4 nitrogen and oxygen atoms in total. The molecule has 0 aliphatic carbocycles. The summed E-state index contributed by atoms with van der Waals surface area (Å²) in [5.74, 6) is -0.544. The number of esters is 2. The fourth-order valence-corrected chi connectivity index (χ4v) is 1.07. The molecule has 0 unspecified atom stereocenters. The summed E-state index contributed by atoms with van der Waals surface area (Å²) in [5, 5.41) is 0. The van der Waals surface area contributed by atoms with Gasteiger partial charge < -0.3 is 9.47 Å². The minimum absolute atomic E-state index is 0.105. The summed E-state index contributed by atoms with van der Waals surface area (Å²) in [6.07, 6.45) is 2.72. The van der Waals surface area contributed by atoms with Gasteiger partial charge in [0.05, 0.1) is 6.10 Å². The van der Waals surface area contributed by atoms with Crippen LogP contribution in [0.4, 0.5) is 0 Å². The maximum Gasteiger partial charge on any atom is 0.306 e. The molecule has 0 amide bonds. The summed E-state index contributed by atoms with van der Waals surface area (Å²) < 4.78 is 9.89. The summed E-state index contributed by atoms with van der Waals surface area (Å²) in [6.45, 7) is 7.78. The zero-order valence-corrected chi connectivity index (χ0v) is 11.1. The number of ether oxygens (including phenoxy) is 2. The second-order valence-corrected chi connectivity index (χ2v) is 4.36. The lowest BCUT2D eigenvalue weighted by Gasteiger charge is -2.07. The third kappa shape index (κ3) is 11.0. The number of hydrogen-bond acceptors (Lipinski definition) is 4. The molecule has 0 aliphatic rings. The molecule has 0 bridgehead atoms. The van der Waals surface area contributed by atoms with E-state index in [1.807, 2.05) is 19.9 Å². The van der Waals surface area contributed by atoms with Gasteiger partial charge in [-0.25, -0.2) is 0 Å². The van der Waals surface area contributed by atoms with Gasteiger partial charge in [-0.1, -0.05) is 5.57 Å². The lowest BCUT2D eigenvalue weighted by atomic mass is 10.2. The van der Waals surface area contributed by atoms with Crippen LogP contribution in [0.15, 0.2) is 11.6 Å². The van der Waals surface area contributed by atoms with Crippen molar-refractivity contribution in [2.45, 2.75) is 53.1 Å². The van der Waals surface area contributed by atoms with E-state index in [1.165, 1.54) is 0 Å². The Morgan fingerprint density at radius 1 is 1.12 bits per heavy atom. The van der Waals surface area contributed by atoms with Gasteiger partial charge in [0.2, 0.25) is 0 Å². The maximum absolute atomic E-state index is 11.2. The number of rotatable bonds is 7. The summed E-state index contributed by atoms with van der Waals surface area (Å²) in [4.78, 5) is 22.4. The van der Waals surface area contributed by atoms with Gasteiger partial charge in [-0.3, -0.25) is 9.59 Å². The van der Waals surface area contributed by atoms with Crippen molar-refractivity contribution in [2.75, 3.05) is 6.61 Å². The Hall–Kier alpha value is -1.32. The van der Waals surface area contributed by atoms with Crippen LogP contribution in [0.1, 0.15) is 47.0 Å². The Bertz CT molecular complexity index is 275. The highest BCUT2D eigenvalue weighted by Gasteiger charge is 2.07. The fourth-order valence-electron chi connectivity index (χ4n) is 1.07. The molecule has 0 aromatic heterocycles. The van der Waals surface area contributed by atoms with Crippen molar-refractivity contribution in [1.82, 2.24) is 0 Å². The second-order valence-electron chi connectivity index (χ2n) is 4.36. The van der Waals surface area contributed by atoms with E-state index in [0.29, 0.717) is 13.0 Å². The first-order chi connectivity index (χ1) is 7.91. The molecule has 0 fully saturated rings. The quantitative estimate of drug-likeness (QED) is 0.508. The van der Waals surface area contributed by atoms with Crippen LogP contribution in [0.5, 0.6) is 0 Å². The van der Waals surface area contributed by atoms with E-state index in [0.717, 1.165) is 5.57 Å². The molecule has 0 aliphatic heterocycles. The van der Waals surface area contributed by atoms with Crippen LogP contribution in [0.3, 0.4) is 0 Å². The predicted molar refractivity (Wildman–Crippen MR) is 65.5 cm³/mol. The van der Waals surface area contributed by atoms with Crippen LogP contribution >= 0.6 is 0 Å². The normalized spacial score (nSPS) is 9.94. The molecule has 0 spiro atoms. The first kappa shape index (κ1) is 15.7. The van der Waals surface area contributed by atoms with Gasteiger partial charge >= 0.3 is 11.9 Å². The summed E-state index contributed by atoms with van der Waals surface area (Å²) in [6, 6.07) is 0. The highest BCUT2D eigenvalue weighted by molar-refractivity contribution is 5.72. The second kappa shape index (κ2) is 8.79. The molecule has 98 valence electrons. The average Bonchev–Trinajstić information content (AvgIpc) is 2.15. The molecule has 0 radical (unpaired) electrons. The molecular formula is C13H22O4. The van der Waals surface area contributed by atoms with Crippen LogP contribution in [0.25, 0.3) is 0 Å². The summed E-state index contributed by atoms with van der Waals surface area (Å²) >= 11 is 0.